The van der Waals surface area contributed by atoms with Crippen LogP contribution in [-0.2, 0) is 12.7 Å². The third-order valence-electron chi connectivity index (χ3n) is 5.15. The number of nitriles is 1. The van der Waals surface area contributed by atoms with Gasteiger partial charge in [0.15, 0.2) is 0 Å². The third kappa shape index (κ3) is 4.72. The number of aryl methyl sites for hydroxylation is 1. The number of hydrogen-bond donors (Lipinski definition) is 0. The van der Waals surface area contributed by atoms with Crippen molar-refractivity contribution in [1.82, 2.24) is 4.57 Å². The Morgan fingerprint density at radius 3 is 2.36 bits per heavy atom. The van der Waals surface area contributed by atoms with E-state index in [0.29, 0.717) is 9.90 Å². The van der Waals surface area contributed by atoms with Gasteiger partial charge in [0.25, 0.3) is 5.56 Å². The van der Waals surface area contributed by atoms with E-state index < -0.39 is 22.9 Å². The lowest BCUT2D eigenvalue weighted by atomic mass is 10.1. The molecule has 8 heteroatoms. The maximum Gasteiger partial charge on any atom is 0.417 e. The molecule has 4 aromatic rings. The molecule has 166 valence electrons. The highest BCUT2D eigenvalue weighted by atomic mass is 35.5. The summed E-state index contributed by atoms with van der Waals surface area (Å²) >= 11 is 7.32. The van der Waals surface area contributed by atoms with Crippen molar-refractivity contribution in [2.75, 3.05) is 0 Å². The van der Waals surface area contributed by atoms with E-state index in [4.69, 9.17) is 11.6 Å². The molecule has 4 rings (SSSR count). The molecule has 3 nitrogen and oxygen atoms in total. The minimum Gasteiger partial charge on any atom is -0.302 e. The molecular weight excluding hydrogens is 469 g/mol. The Bertz CT molecular complexity index is 1430. The van der Waals surface area contributed by atoms with Crippen molar-refractivity contribution < 1.29 is 13.2 Å². The first-order chi connectivity index (χ1) is 15.7. The zero-order valence-corrected chi connectivity index (χ0v) is 18.9. The zero-order valence-electron chi connectivity index (χ0n) is 17.3. The van der Waals surface area contributed by atoms with Crippen molar-refractivity contribution in [3.05, 3.63) is 104 Å². The molecule has 0 spiro atoms. The van der Waals surface area contributed by atoms with Gasteiger partial charge >= 0.3 is 6.18 Å². The second-order valence-corrected chi connectivity index (χ2v) is 9.00. The van der Waals surface area contributed by atoms with Crippen LogP contribution in [0, 0.1) is 18.3 Å². The van der Waals surface area contributed by atoms with Gasteiger partial charge in [0.05, 0.1) is 22.7 Å². The third-order valence-corrected chi connectivity index (χ3v) is 6.54. The quantitative estimate of drug-likeness (QED) is 0.309. The lowest BCUT2D eigenvalue weighted by Gasteiger charge is -2.17. The van der Waals surface area contributed by atoms with Gasteiger partial charge in [0.1, 0.15) is 11.6 Å². The number of hydrogen-bond acceptors (Lipinski definition) is 3. The van der Waals surface area contributed by atoms with Crippen LogP contribution in [0.15, 0.2) is 71.5 Å². The maximum absolute atomic E-state index is 13.7. The normalized spacial score (nSPS) is 11.4. The number of alkyl halides is 3. The highest BCUT2D eigenvalue weighted by molar-refractivity contribution is 7.18. The van der Waals surface area contributed by atoms with Crippen LogP contribution in [0.25, 0.3) is 21.0 Å². The Balaban J connectivity index is 1.92. The van der Waals surface area contributed by atoms with Crippen LogP contribution in [0.4, 0.5) is 13.2 Å². The second-order valence-electron chi connectivity index (χ2n) is 7.48. The van der Waals surface area contributed by atoms with Gasteiger partial charge in [-0.15, -0.1) is 11.3 Å². The minimum absolute atomic E-state index is 0.0334. The van der Waals surface area contributed by atoms with Crippen LogP contribution in [0.1, 0.15) is 22.3 Å². The number of benzene rings is 2. The highest BCUT2D eigenvalue weighted by Gasteiger charge is 2.36. The molecule has 2 aromatic heterocycles. The SMILES string of the molecule is Cc1ccc(Cn2c(-c3ccc(-c4cccc(Cl)c4)s3)cc(C(F)(F)F)c(C#N)c2=O)cc1. The van der Waals surface area contributed by atoms with Gasteiger partial charge in [-0.05, 0) is 48.4 Å². The molecule has 0 fully saturated rings. The molecule has 0 aliphatic carbocycles. The van der Waals surface area contributed by atoms with Crippen molar-refractivity contribution in [2.24, 2.45) is 0 Å². The lowest BCUT2D eigenvalue weighted by molar-refractivity contribution is -0.137. The van der Waals surface area contributed by atoms with E-state index in [9.17, 15) is 23.2 Å². The van der Waals surface area contributed by atoms with Gasteiger partial charge in [-0.1, -0.05) is 53.6 Å². The Labute approximate surface area is 196 Å². The summed E-state index contributed by atoms with van der Waals surface area (Å²) in [6.07, 6.45) is -4.84. The van der Waals surface area contributed by atoms with E-state index >= 15 is 0 Å². The summed E-state index contributed by atoms with van der Waals surface area (Å²) in [6, 6.07) is 20.3. The fraction of sp³-hybridized carbons (Fsp3) is 0.120. The number of aromatic nitrogens is 1. The highest BCUT2D eigenvalue weighted by Crippen LogP contribution is 2.38. The molecule has 2 heterocycles. The molecule has 0 amide bonds. The smallest absolute Gasteiger partial charge is 0.302 e. The molecular formula is C25H16ClF3N2OS. The molecule has 0 N–H and O–H groups in total. The van der Waals surface area contributed by atoms with Crippen LogP contribution in [-0.4, -0.2) is 4.57 Å². The second kappa shape index (κ2) is 8.89. The maximum atomic E-state index is 13.7. The number of nitrogens with zero attached hydrogens (tertiary/aromatic N) is 2. The number of thiophene rings is 1. The summed E-state index contributed by atoms with van der Waals surface area (Å²) in [5, 5.41) is 9.89. The first-order valence-corrected chi connectivity index (χ1v) is 11.0. The van der Waals surface area contributed by atoms with E-state index in [0.717, 1.165) is 27.6 Å². The monoisotopic (exact) mass is 484 g/mol. The molecule has 0 atom stereocenters. The Morgan fingerprint density at radius 2 is 1.73 bits per heavy atom. The van der Waals surface area contributed by atoms with Gasteiger partial charge in [0, 0.05) is 9.90 Å². The van der Waals surface area contributed by atoms with Crippen LogP contribution in [0.3, 0.4) is 0 Å². The van der Waals surface area contributed by atoms with Gasteiger partial charge in [0.2, 0.25) is 0 Å². The Morgan fingerprint density at radius 1 is 1.03 bits per heavy atom. The first-order valence-electron chi connectivity index (χ1n) is 9.84. The summed E-state index contributed by atoms with van der Waals surface area (Å²) < 4.78 is 42.4. The van der Waals surface area contributed by atoms with Crippen LogP contribution in [0.5, 0.6) is 0 Å². The van der Waals surface area contributed by atoms with E-state index in [1.165, 1.54) is 22.0 Å². The molecule has 0 bridgehead atoms. The molecule has 0 aliphatic heterocycles. The summed E-state index contributed by atoms with van der Waals surface area (Å²) in [5.74, 6) is 0. The Kier molecular flexibility index (Phi) is 6.15. The fourth-order valence-corrected chi connectivity index (χ4v) is 4.71. The Hall–Kier alpha value is -3.34. The predicted octanol–water partition coefficient (Wildman–Crippen LogP) is 7.14. The lowest BCUT2D eigenvalue weighted by Crippen LogP contribution is -2.28. The molecule has 0 radical (unpaired) electrons. The molecule has 0 unspecified atom stereocenters. The summed E-state index contributed by atoms with van der Waals surface area (Å²) in [6.45, 7) is 1.95. The minimum atomic E-state index is -4.84. The molecule has 2 aromatic carbocycles. The van der Waals surface area contributed by atoms with Crippen molar-refractivity contribution in [2.45, 2.75) is 19.6 Å². The molecule has 0 saturated carbocycles. The van der Waals surface area contributed by atoms with Crippen molar-refractivity contribution in [1.29, 1.82) is 5.26 Å². The topological polar surface area (TPSA) is 45.8 Å². The van der Waals surface area contributed by atoms with Gasteiger partial charge < -0.3 is 4.57 Å². The van der Waals surface area contributed by atoms with Gasteiger partial charge in [-0.2, -0.15) is 18.4 Å². The number of pyridine rings is 1. The van der Waals surface area contributed by atoms with Crippen molar-refractivity contribution >= 4 is 22.9 Å². The van der Waals surface area contributed by atoms with Crippen LogP contribution >= 0.6 is 22.9 Å². The first kappa shape index (κ1) is 22.8. The molecule has 0 saturated heterocycles. The number of rotatable bonds is 4. The summed E-state index contributed by atoms with van der Waals surface area (Å²) in [4.78, 5) is 14.3. The van der Waals surface area contributed by atoms with E-state index in [1.807, 2.05) is 25.1 Å². The van der Waals surface area contributed by atoms with Crippen LogP contribution < -0.4 is 5.56 Å². The summed E-state index contributed by atoms with van der Waals surface area (Å²) in [7, 11) is 0. The average molecular weight is 485 g/mol. The summed E-state index contributed by atoms with van der Waals surface area (Å²) in [5.41, 5.74) is -0.449. The fourth-order valence-electron chi connectivity index (χ4n) is 3.49. The van der Waals surface area contributed by atoms with Crippen molar-refractivity contribution in [3.63, 3.8) is 0 Å². The standard InChI is InChI=1S/C25H16ClF3N2OS/c1-15-5-7-16(8-6-15)14-31-21(12-20(25(27,28)29)19(13-30)24(31)32)23-10-9-22(33-23)17-3-2-4-18(26)11-17/h2-12H,14H2,1H3. The van der Waals surface area contributed by atoms with Crippen LogP contribution in [0.2, 0.25) is 5.02 Å². The zero-order chi connectivity index (χ0) is 23.8. The van der Waals surface area contributed by atoms with E-state index in [-0.39, 0.29) is 12.2 Å². The largest absolute Gasteiger partial charge is 0.417 e. The number of halogens is 4. The average Bonchev–Trinajstić information content (AvgIpc) is 3.25. The van der Waals surface area contributed by atoms with E-state index in [2.05, 4.69) is 0 Å². The molecule has 0 aliphatic rings. The molecule has 33 heavy (non-hydrogen) atoms. The van der Waals surface area contributed by atoms with E-state index in [1.54, 1.807) is 42.5 Å². The van der Waals surface area contributed by atoms with Gasteiger partial charge in [-0.25, -0.2) is 0 Å². The van der Waals surface area contributed by atoms with Crippen molar-refractivity contribution in [3.8, 4) is 27.1 Å². The van der Waals surface area contributed by atoms with Gasteiger partial charge in [-0.3, -0.25) is 4.79 Å². The predicted molar refractivity (Wildman–Crippen MR) is 124 cm³/mol.